The number of nitrogens with zero attached hydrogens (tertiary/aromatic N) is 1. The van der Waals surface area contributed by atoms with Gasteiger partial charge in [0.1, 0.15) is 17.1 Å². The van der Waals surface area contributed by atoms with Gasteiger partial charge < -0.3 is 15.5 Å². The first-order chi connectivity index (χ1) is 9.97. The van der Waals surface area contributed by atoms with Gasteiger partial charge in [-0.1, -0.05) is 12.8 Å². The van der Waals surface area contributed by atoms with Gasteiger partial charge in [0.25, 0.3) is 5.69 Å². The number of rotatable bonds is 9. The van der Waals surface area contributed by atoms with Crippen LogP contribution in [0.15, 0.2) is 12.1 Å². The van der Waals surface area contributed by atoms with Crippen molar-refractivity contribution in [3.05, 3.63) is 33.6 Å². The first kappa shape index (κ1) is 16.8. The predicted octanol–water partition coefficient (Wildman–Crippen LogP) is 2.40. The summed E-state index contributed by atoms with van der Waals surface area (Å²) in [5, 5.41) is 31.0. The second-order valence-electron chi connectivity index (χ2n) is 4.48. The van der Waals surface area contributed by atoms with E-state index in [1.807, 2.05) is 0 Å². The SMILES string of the molecule is O=C(O)c1cc([N+](=O)[O-])c(NCCCCCCO)cc1F. The first-order valence-corrected chi connectivity index (χ1v) is 6.53. The Morgan fingerprint density at radius 3 is 2.52 bits per heavy atom. The summed E-state index contributed by atoms with van der Waals surface area (Å²) >= 11 is 0. The molecule has 0 fully saturated rings. The predicted molar refractivity (Wildman–Crippen MR) is 74.1 cm³/mol. The van der Waals surface area contributed by atoms with Gasteiger partial charge in [0.15, 0.2) is 0 Å². The molecular weight excluding hydrogens is 283 g/mol. The molecule has 0 saturated heterocycles. The van der Waals surface area contributed by atoms with Gasteiger partial charge in [-0.3, -0.25) is 10.1 Å². The van der Waals surface area contributed by atoms with E-state index in [4.69, 9.17) is 10.2 Å². The van der Waals surface area contributed by atoms with Gasteiger partial charge in [-0.2, -0.15) is 0 Å². The minimum Gasteiger partial charge on any atom is -0.478 e. The maximum atomic E-state index is 13.5. The van der Waals surface area contributed by atoms with Crippen LogP contribution in [0.5, 0.6) is 0 Å². The number of aliphatic hydroxyl groups excluding tert-OH is 1. The second kappa shape index (κ2) is 8.15. The normalized spacial score (nSPS) is 10.4. The minimum atomic E-state index is -1.55. The van der Waals surface area contributed by atoms with Crippen molar-refractivity contribution in [3.63, 3.8) is 0 Å². The number of carbonyl (C=O) groups is 1. The fourth-order valence-corrected chi connectivity index (χ4v) is 1.83. The van der Waals surface area contributed by atoms with Crippen molar-refractivity contribution in [2.75, 3.05) is 18.5 Å². The molecule has 7 nitrogen and oxygen atoms in total. The van der Waals surface area contributed by atoms with E-state index in [1.165, 1.54) is 0 Å². The second-order valence-corrected chi connectivity index (χ2v) is 4.48. The van der Waals surface area contributed by atoms with E-state index in [2.05, 4.69) is 5.32 Å². The summed E-state index contributed by atoms with van der Waals surface area (Å²) < 4.78 is 13.5. The molecule has 1 aromatic rings. The summed E-state index contributed by atoms with van der Waals surface area (Å²) in [4.78, 5) is 20.9. The maximum absolute atomic E-state index is 13.5. The highest BCUT2D eigenvalue weighted by Gasteiger charge is 2.21. The number of aliphatic hydroxyl groups is 1. The molecule has 0 aliphatic rings. The lowest BCUT2D eigenvalue weighted by molar-refractivity contribution is -0.384. The van der Waals surface area contributed by atoms with E-state index >= 15 is 0 Å². The number of anilines is 1. The molecule has 1 rings (SSSR count). The van der Waals surface area contributed by atoms with Gasteiger partial charge in [-0.15, -0.1) is 0 Å². The van der Waals surface area contributed by atoms with Crippen molar-refractivity contribution < 1.29 is 24.3 Å². The lowest BCUT2D eigenvalue weighted by Gasteiger charge is -2.08. The topological polar surface area (TPSA) is 113 Å². The minimum absolute atomic E-state index is 0.0374. The van der Waals surface area contributed by atoms with Crippen molar-refractivity contribution in [3.8, 4) is 0 Å². The van der Waals surface area contributed by atoms with Gasteiger partial charge >= 0.3 is 5.97 Å². The number of nitro groups is 1. The van der Waals surface area contributed by atoms with E-state index in [-0.39, 0.29) is 12.3 Å². The molecule has 3 N–H and O–H groups in total. The Morgan fingerprint density at radius 2 is 1.95 bits per heavy atom. The molecule has 0 spiro atoms. The highest BCUT2D eigenvalue weighted by molar-refractivity contribution is 5.90. The Hall–Kier alpha value is -2.22. The summed E-state index contributed by atoms with van der Waals surface area (Å²) in [6.07, 6.45) is 3.07. The molecule has 21 heavy (non-hydrogen) atoms. The smallest absolute Gasteiger partial charge is 0.338 e. The van der Waals surface area contributed by atoms with E-state index < -0.39 is 28.0 Å². The average Bonchev–Trinajstić information content (AvgIpc) is 2.42. The number of unbranched alkanes of at least 4 members (excludes halogenated alkanes) is 3. The standard InChI is InChI=1S/C13H17FN2O5/c14-10-8-11(15-5-3-1-2-4-6-17)12(16(20)21)7-9(10)13(18)19/h7-8,15,17H,1-6H2,(H,18,19). The van der Waals surface area contributed by atoms with Crippen molar-refractivity contribution in [1.82, 2.24) is 0 Å². The third kappa shape index (κ3) is 4.99. The number of aromatic carboxylic acids is 1. The largest absolute Gasteiger partial charge is 0.478 e. The number of nitro benzene ring substituents is 1. The van der Waals surface area contributed by atoms with Crippen molar-refractivity contribution in [2.24, 2.45) is 0 Å². The molecule has 0 aliphatic carbocycles. The number of hydrogen-bond donors (Lipinski definition) is 3. The quantitative estimate of drug-likeness (QED) is 0.366. The van der Waals surface area contributed by atoms with Crippen LogP contribution in [-0.2, 0) is 0 Å². The zero-order valence-corrected chi connectivity index (χ0v) is 11.3. The Balaban J connectivity index is 2.74. The van der Waals surface area contributed by atoms with Gasteiger partial charge in [0.2, 0.25) is 0 Å². The zero-order chi connectivity index (χ0) is 15.8. The molecule has 116 valence electrons. The molecule has 0 unspecified atom stereocenters. The highest BCUT2D eigenvalue weighted by Crippen LogP contribution is 2.28. The molecule has 0 saturated carbocycles. The van der Waals surface area contributed by atoms with Crippen LogP contribution in [0.25, 0.3) is 0 Å². The third-order valence-electron chi connectivity index (χ3n) is 2.91. The molecule has 0 amide bonds. The van der Waals surface area contributed by atoms with Crippen molar-refractivity contribution in [2.45, 2.75) is 25.7 Å². The van der Waals surface area contributed by atoms with Crippen molar-refractivity contribution >= 4 is 17.3 Å². The average molecular weight is 300 g/mol. The molecule has 0 bridgehead atoms. The number of hydrogen-bond acceptors (Lipinski definition) is 5. The lowest BCUT2D eigenvalue weighted by Crippen LogP contribution is -2.08. The lowest BCUT2D eigenvalue weighted by atomic mass is 10.1. The van der Waals surface area contributed by atoms with Crippen molar-refractivity contribution in [1.29, 1.82) is 0 Å². The number of benzene rings is 1. The van der Waals surface area contributed by atoms with Crippen LogP contribution < -0.4 is 5.32 Å². The van der Waals surface area contributed by atoms with Gasteiger partial charge in [0.05, 0.1) is 4.92 Å². The molecule has 8 heteroatoms. The number of carboxylic acids is 1. The summed E-state index contributed by atoms with van der Waals surface area (Å²) in [6, 6.07) is 1.54. The Kier molecular flexibility index (Phi) is 6.54. The fraction of sp³-hybridized carbons (Fsp3) is 0.462. The molecule has 0 aromatic heterocycles. The summed E-state index contributed by atoms with van der Waals surface area (Å²) in [5.41, 5.74) is -1.23. The third-order valence-corrected chi connectivity index (χ3v) is 2.91. The molecule has 0 heterocycles. The fourth-order valence-electron chi connectivity index (χ4n) is 1.83. The summed E-state index contributed by atoms with van der Waals surface area (Å²) in [5.74, 6) is -2.57. The Bertz CT molecular complexity index is 522. The van der Waals surface area contributed by atoms with Gasteiger partial charge in [-0.05, 0) is 12.8 Å². The summed E-state index contributed by atoms with van der Waals surface area (Å²) in [6.45, 7) is 0.527. The van der Waals surface area contributed by atoms with Crippen LogP contribution in [0.1, 0.15) is 36.0 Å². The highest BCUT2D eigenvalue weighted by atomic mass is 19.1. The monoisotopic (exact) mass is 300 g/mol. The van der Waals surface area contributed by atoms with Crippen LogP contribution in [0.3, 0.4) is 0 Å². The van der Waals surface area contributed by atoms with E-state index in [0.29, 0.717) is 25.5 Å². The van der Waals surface area contributed by atoms with Crippen LogP contribution in [0.4, 0.5) is 15.8 Å². The zero-order valence-electron chi connectivity index (χ0n) is 11.3. The molecule has 0 radical (unpaired) electrons. The van der Waals surface area contributed by atoms with Gasteiger partial charge in [-0.25, -0.2) is 9.18 Å². The first-order valence-electron chi connectivity index (χ1n) is 6.53. The Labute approximate surface area is 120 Å². The number of carboxylic acid groups (broad SMARTS) is 1. The number of halogens is 1. The van der Waals surface area contributed by atoms with E-state index in [1.54, 1.807) is 0 Å². The molecule has 1 aromatic carbocycles. The Morgan fingerprint density at radius 1 is 1.29 bits per heavy atom. The van der Waals surface area contributed by atoms with Crippen LogP contribution in [0, 0.1) is 15.9 Å². The molecular formula is C13H17FN2O5. The number of nitrogens with one attached hydrogen (secondary N) is 1. The molecule has 0 atom stereocenters. The van der Waals surface area contributed by atoms with E-state index in [0.717, 1.165) is 18.9 Å². The van der Waals surface area contributed by atoms with Crippen LogP contribution in [-0.4, -0.2) is 34.3 Å². The van der Waals surface area contributed by atoms with Crippen LogP contribution in [0.2, 0.25) is 0 Å². The summed E-state index contributed by atoms with van der Waals surface area (Å²) in [7, 11) is 0. The maximum Gasteiger partial charge on any atom is 0.338 e. The van der Waals surface area contributed by atoms with Crippen LogP contribution >= 0.6 is 0 Å². The van der Waals surface area contributed by atoms with Gasteiger partial charge in [0, 0.05) is 25.3 Å². The molecule has 0 aliphatic heterocycles. The van der Waals surface area contributed by atoms with E-state index in [9.17, 15) is 19.3 Å².